The topological polar surface area (TPSA) is 24.5 Å². The molecule has 2 aliphatic heterocycles. The van der Waals surface area contributed by atoms with Gasteiger partial charge in [-0.3, -0.25) is 0 Å². The number of nitrogens with one attached hydrogen (secondary N) is 1. The van der Waals surface area contributed by atoms with Crippen molar-refractivity contribution in [1.82, 2.24) is 5.32 Å². The maximum Gasteiger partial charge on any atom is 0.0642 e. The number of rotatable bonds is 4. The first kappa shape index (κ1) is 14.2. The Bertz CT molecular complexity index is 397. The number of hydrogen-bond donors (Lipinski definition) is 1. The quantitative estimate of drug-likeness (QED) is 0.921. The average Bonchev–Trinajstić information content (AvgIpc) is 2.55. The van der Waals surface area contributed by atoms with Crippen LogP contribution in [0.2, 0.25) is 0 Å². The molecule has 1 aromatic rings. The van der Waals surface area contributed by atoms with Gasteiger partial charge in [0.05, 0.1) is 13.2 Å². The lowest BCUT2D eigenvalue weighted by Gasteiger charge is -2.29. The molecule has 0 aliphatic carbocycles. The van der Waals surface area contributed by atoms with Crippen LogP contribution in [0.15, 0.2) is 24.3 Å². The van der Waals surface area contributed by atoms with E-state index in [9.17, 15) is 0 Å². The molecule has 110 valence electrons. The molecule has 2 heterocycles. The van der Waals surface area contributed by atoms with Crippen LogP contribution >= 0.6 is 11.8 Å². The second-order valence-corrected chi connectivity index (χ2v) is 6.76. The maximum atomic E-state index is 5.40. The summed E-state index contributed by atoms with van der Waals surface area (Å²) in [7, 11) is 0. The fourth-order valence-electron chi connectivity index (χ4n) is 2.81. The zero-order chi connectivity index (χ0) is 13.6. The summed E-state index contributed by atoms with van der Waals surface area (Å²) < 4.78 is 5.40. The lowest BCUT2D eigenvalue weighted by molar-refractivity contribution is 0.122. The third-order valence-corrected chi connectivity index (χ3v) is 5.18. The van der Waals surface area contributed by atoms with E-state index in [2.05, 4.69) is 46.2 Å². The summed E-state index contributed by atoms with van der Waals surface area (Å²) in [6, 6.07) is 9.73. The molecule has 2 saturated heterocycles. The van der Waals surface area contributed by atoms with Gasteiger partial charge in [0.1, 0.15) is 0 Å². The second kappa shape index (κ2) is 7.34. The largest absolute Gasteiger partial charge is 0.378 e. The van der Waals surface area contributed by atoms with Gasteiger partial charge >= 0.3 is 0 Å². The van der Waals surface area contributed by atoms with E-state index in [1.165, 1.54) is 35.6 Å². The number of benzene rings is 1. The SMILES string of the molecule is c1cc(N2CCOCC2)ccc1CNC1CCSCC1. The normalized spacial score (nSPS) is 21.1. The van der Waals surface area contributed by atoms with Crippen molar-refractivity contribution < 1.29 is 4.74 Å². The van der Waals surface area contributed by atoms with Crippen LogP contribution < -0.4 is 10.2 Å². The van der Waals surface area contributed by atoms with Crippen LogP contribution in [0.25, 0.3) is 0 Å². The Labute approximate surface area is 126 Å². The molecule has 0 radical (unpaired) electrons. The Hall–Kier alpha value is -0.710. The number of ether oxygens (including phenoxy) is 1. The van der Waals surface area contributed by atoms with Gasteiger partial charge in [-0.2, -0.15) is 11.8 Å². The molecule has 0 bridgehead atoms. The van der Waals surface area contributed by atoms with Crippen molar-refractivity contribution in [2.24, 2.45) is 0 Å². The first-order valence-electron chi connectivity index (χ1n) is 7.64. The fourth-order valence-corrected chi connectivity index (χ4v) is 3.92. The molecule has 1 aromatic carbocycles. The number of anilines is 1. The summed E-state index contributed by atoms with van der Waals surface area (Å²) in [6.07, 6.45) is 2.63. The van der Waals surface area contributed by atoms with Crippen LogP contribution in [0.5, 0.6) is 0 Å². The van der Waals surface area contributed by atoms with E-state index in [4.69, 9.17) is 4.74 Å². The van der Waals surface area contributed by atoms with Gasteiger partial charge in [-0.15, -0.1) is 0 Å². The summed E-state index contributed by atoms with van der Waals surface area (Å²) in [6.45, 7) is 4.72. The Kier molecular flexibility index (Phi) is 5.23. The van der Waals surface area contributed by atoms with Crippen molar-refractivity contribution in [1.29, 1.82) is 0 Å². The number of hydrogen-bond acceptors (Lipinski definition) is 4. The second-order valence-electron chi connectivity index (χ2n) is 5.53. The van der Waals surface area contributed by atoms with E-state index in [-0.39, 0.29) is 0 Å². The smallest absolute Gasteiger partial charge is 0.0642 e. The molecule has 0 atom stereocenters. The third-order valence-electron chi connectivity index (χ3n) is 4.13. The van der Waals surface area contributed by atoms with E-state index in [1.54, 1.807) is 0 Å². The third kappa shape index (κ3) is 3.90. The van der Waals surface area contributed by atoms with Gasteiger partial charge in [0.25, 0.3) is 0 Å². The number of morpholine rings is 1. The van der Waals surface area contributed by atoms with Crippen LogP contribution in [0.3, 0.4) is 0 Å². The predicted molar refractivity (Wildman–Crippen MR) is 86.7 cm³/mol. The zero-order valence-corrected chi connectivity index (χ0v) is 12.8. The molecule has 4 heteroatoms. The van der Waals surface area contributed by atoms with Crippen molar-refractivity contribution in [2.45, 2.75) is 25.4 Å². The molecule has 0 spiro atoms. The van der Waals surface area contributed by atoms with Crippen molar-refractivity contribution in [3.05, 3.63) is 29.8 Å². The van der Waals surface area contributed by atoms with Crippen LogP contribution in [-0.4, -0.2) is 43.9 Å². The molecular weight excluding hydrogens is 268 g/mol. The van der Waals surface area contributed by atoms with E-state index >= 15 is 0 Å². The first-order chi connectivity index (χ1) is 9.92. The molecule has 3 nitrogen and oxygen atoms in total. The minimum Gasteiger partial charge on any atom is -0.378 e. The van der Waals surface area contributed by atoms with Gasteiger partial charge in [0, 0.05) is 31.4 Å². The van der Waals surface area contributed by atoms with Gasteiger partial charge in [-0.1, -0.05) is 12.1 Å². The standard InChI is InChI=1S/C16H24N2OS/c1-3-16(18-7-9-19-10-8-18)4-2-14(1)13-17-15-5-11-20-12-6-15/h1-4,15,17H,5-13H2. The summed E-state index contributed by atoms with van der Waals surface area (Å²) in [5.41, 5.74) is 2.71. The van der Waals surface area contributed by atoms with E-state index in [0.29, 0.717) is 0 Å². The summed E-state index contributed by atoms with van der Waals surface area (Å²) in [4.78, 5) is 2.40. The highest BCUT2D eigenvalue weighted by Crippen LogP contribution is 2.19. The van der Waals surface area contributed by atoms with Crippen LogP contribution in [0.4, 0.5) is 5.69 Å². The first-order valence-corrected chi connectivity index (χ1v) is 8.80. The molecule has 3 rings (SSSR count). The molecule has 0 unspecified atom stereocenters. The molecule has 20 heavy (non-hydrogen) atoms. The van der Waals surface area contributed by atoms with Gasteiger partial charge in [0.2, 0.25) is 0 Å². The van der Waals surface area contributed by atoms with Gasteiger partial charge in [-0.25, -0.2) is 0 Å². The molecule has 1 N–H and O–H groups in total. The average molecular weight is 292 g/mol. The van der Waals surface area contributed by atoms with E-state index < -0.39 is 0 Å². The minimum absolute atomic E-state index is 0.718. The summed E-state index contributed by atoms with van der Waals surface area (Å²) in [5, 5.41) is 3.69. The van der Waals surface area contributed by atoms with E-state index in [0.717, 1.165) is 38.9 Å². The van der Waals surface area contributed by atoms with Crippen molar-refractivity contribution >= 4 is 17.4 Å². The number of nitrogens with zero attached hydrogens (tertiary/aromatic N) is 1. The molecule has 0 saturated carbocycles. The highest BCUT2D eigenvalue weighted by molar-refractivity contribution is 7.99. The highest BCUT2D eigenvalue weighted by atomic mass is 32.2. The molecule has 2 fully saturated rings. The molecule has 0 aromatic heterocycles. The highest BCUT2D eigenvalue weighted by Gasteiger charge is 2.13. The van der Waals surface area contributed by atoms with Gasteiger partial charge < -0.3 is 15.0 Å². The Morgan fingerprint density at radius 3 is 2.50 bits per heavy atom. The van der Waals surface area contributed by atoms with Crippen LogP contribution in [0.1, 0.15) is 18.4 Å². The zero-order valence-electron chi connectivity index (χ0n) is 12.0. The monoisotopic (exact) mass is 292 g/mol. The van der Waals surface area contributed by atoms with E-state index in [1.807, 2.05) is 0 Å². The Morgan fingerprint density at radius 1 is 1.10 bits per heavy atom. The minimum atomic E-state index is 0.718. The van der Waals surface area contributed by atoms with Gasteiger partial charge in [-0.05, 0) is 42.0 Å². The number of thioether (sulfide) groups is 1. The van der Waals surface area contributed by atoms with Crippen LogP contribution in [0, 0.1) is 0 Å². The Balaban J connectivity index is 1.50. The molecule has 0 amide bonds. The van der Waals surface area contributed by atoms with Crippen molar-refractivity contribution in [3.63, 3.8) is 0 Å². The fraction of sp³-hybridized carbons (Fsp3) is 0.625. The van der Waals surface area contributed by atoms with Crippen LogP contribution in [-0.2, 0) is 11.3 Å². The molecular formula is C16H24N2OS. The maximum absolute atomic E-state index is 5.40. The predicted octanol–water partition coefficient (Wildman–Crippen LogP) is 2.51. The summed E-state index contributed by atoms with van der Waals surface area (Å²) >= 11 is 2.08. The molecule has 2 aliphatic rings. The van der Waals surface area contributed by atoms with Crippen molar-refractivity contribution in [2.75, 3.05) is 42.7 Å². The van der Waals surface area contributed by atoms with Crippen molar-refractivity contribution in [3.8, 4) is 0 Å². The lowest BCUT2D eigenvalue weighted by atomic mass is 10.1. The summed E-state index contributed by atoms with van der Waals surface area (Å²) in [5.74, 6) is 2.63. The van der Waals surface area contributed by atoms with Gasteiger partial charge in [0.15, 0.2) is 0 Å². The Morgan fingerprint density at radius 2 is 1.80 bits per heavy atom. The lowest BCUT2D eigenvalue weighted by Crippen LogP contribution is -2.36.